The number of hydrogen-bond acceptors (Lipinski definition) is 7. The highest BCUT2D eigenvalue weighted by Gasteiger charge is 2.24. The fourth-order valence-electron chi connectivity index (χ4n) is 3.95. The molecule has 0 bridgehead atoms. The van der Waals surface area contributed by atoms with Gasteiger partial charge in [-0.15, -0.1) is 0 Å². The molecular formula is C25H30N6OS. The molecule has 2 heterocycles. The molecule has 2 N–H and O–H groups in total. The maximum absolute atomic E-state index is 13.0. The highest BCUT2D eigenvalue weighted by Crippen LogP contribution is 2.29. The summed E-state index contributed by atoms with van der Waals surface area (Å²) in [5.74, 6) is 2.45. The summed E-state index contributed by atoms with van der Waals surface area (Å²) >= 11 is 1.51. The Bertz CT molecular complexity index is 1080. The number of benzene rings is 1. The molecule has 1 aliphatic carbocycles. The average molecular weight is 463 g/mol. The lowest BCUT2D eigenvalue weighted by atomic mass is 9.91. The third kappa shape index (κ3) is 6.22. The third-order valence-electron chi connectivity index (χ3n) is 5.67. The van der Waals surface area contributed by atoms with Crippen molar-refractivity contribution in [2.75, 3.05) is 24.3 Å². The van der Waals surface area contributed by atoms with Crippen LogP contribution in [0.1, 0.15) is 41.9 Å². The minimum Gasteiger partial charge on any atom is -0.367 e. The molecule has 0 aliphatic heterocycles. The van der Waals surface area contributed by atoms with Crippen molar-refractivity contribution in [3.63, 3.8) is 0 Å². The molecular weight excluding hydrogens is 432 g/mol. The van der Waals surface area contributed by atoms with Crippen LogP contribution in [0.5, 0.6) is 0 Å². The van der Waals surface area contributed by atoms with E-state index in [4.69, 9.17) is 0 Å². The Morgan fingerprint density at radius 3 is 2.45 bits per heavy atom. The number of pyridine rings is 1. The van der Waals surface area contributed by atoms with E-state index in [2.05, 4.69) is 25.6 Å². The molecule has 2 aromatic heterocycles. The Morgan fingerprint density at radius 1 is 1.00 bits per heavy atom. The van der Waals surface area contributed by atoms with Crippen LogP contribution in [-0.2, 0) is 0 Å². The Morgan fingerprint density at radius 2 is 1.73 bits per heavy atom. The molecule has 7 nitrogen and oxygen atoms in total. The van der Waals surface area contributed by atoms with Crippen molar-refractivity contribution < 1.29 is 4.79 Å². The zero-order valence-corrected chi connectivity index (χ0v) is 20.1. The molecule has 33 heavy (non-hydrogen) atoms. The Kier molecular flexibility index (Phi) is 7.44. The van der Waals surface area contributed by atoms with Gasteiger partial charge < -0.3 is 15.5 Å². The quantitative estimate of drug-likeness (QED) is 0.533. The van der Waals surface area contributed by atoms with E-state index in [9.17, 15) is 4.79 Å². The van der Waals surface area contributed by atoms with Crippen LogP contribution in [0, 0.1) is 6.92 Å². The summed E-state index contributed by atoms with van der Waals surface area (Å²) in [5.41, 5.74) is 0.624. The lowest BCUT2D eigenvalue weighted by molar-refractivity contribution is 0.0923. The first-order chi connectivity index (χ1) is 16.0. The van der Waals surface area contributed by atoms with Gasteiger partial charge in [0.1, 0.15) is 22.5 Å². The van der Waals surface area contributed by atoms with Crippen LogP contribution in [0.4, 0.5) is 11.6 Å². The summed E-state index contributed by atoms with van der Waals surface area (Å²) in [4.78, 5) is 29.5. The monoisotopic (exact) mass is 462 g/mol. The largest absolute Gasteiger partial charge is 0.367 e. The molecule has 1 aromatic carbocycles. The number of hydrogen-bond donors (Lipinski definition) is 2. The number of carbonyl (C=O) groups excluding carboxylic acids is 1. The van der Waals surface area contributed by atoms with Crippen molar-refractivity contribution in [3.8, 4) is 0 Å². The van der Waals surface area contributed by atoms with Gasteiger partial charge >= 0.3 is 0 Å². The van der Waals surface area contributed by atoms with E-state index >= 15 is 0 Å². The average Bonchev–Trinajstić information content (AvgIpc) is 2.81. The molecule has 0 spiro atoms. The van der Waals surface area contributed by atoms with Gasteiger partial charge in [0.05, 0.1) is 5.56 Å². The van der Waals surface area contributed by atoms with E-state index in [0.717, 1.165) is 53.1 Å². The summed E-state index contributed by atoms with van der Waals surface area (Å²) in [6.07, 6.45) is 5.54. The van der Waals surface area contributed by atoms with Crippen LogP contribution in [-0.4, -0.2) is 47.0 Å². The molecule has 1 aliphatic rings. The van der Waals surface area contributed by atoms with Crippen molar-refractivity contribution in [2.24, 2.45) is 0 Å². The number of amides is 1. The van der Waals surface area contributed by atoms with Crippen molar-refractivity contribution in [1.82, 2.24) is 20.3 Å². The number of nitrogens with zero attached hydrogens (tertiary/aromatic N) is 4. The first kappa shape index (κ1) is 23.0. The number of aryl methyl sites for hydroxylation is 1. The van der Waals surface area contributed by atoms with E-state index in [0.29, 0.717) is 11.6 Å². The highest BCUT2D eigenvalue weighted by molar-refractivity contribution is 7.99. The fourth-order valence-corrected chi connectivity index (χ4v) is 4.86. The Balaban J connectivity index is 1.33. The second-order valence-electron chi connectivity index (χ2n) is 8.49. The summed E-state index contributed by atoms with van der Waals surface area (Å²) in [5, 5.41) is 7.51. The zero-order chi connectivity index (χ0) is 23.2. The third-order valence-corrected chi connectivity index (χ3v) is 6.70. The second kappa shape index (κ2) is 10.7. The first-order valence-corrected chi connectivity index (χ1v) is 12.1. The predicted octanol–water partition coefficient (Wildman–Crippen LogP) is 4.55. The molecule has 8 heteroatoms. The van der Waals surface area contributed by atoms with Crippen molar-refractivity contribution >= 4 is 29.3 Å². The summed E-state index contributed by atoms with van der Waals surface area (Å²) in [6, 6.07) is 16.1. The fraction of sp³-hybridized carbons (Fsp3) is 0.360. The smallest absolute Gasteiger partial charge is 0.254 e. The minimum atomic E-state index is -0.0556. The maximum atomic E-state index is 13.0. The van der Waals surface area contributed by atoms with Crippen molar-refractivity contribution in [2.45, 2.75) is 54.6 Å². The number of carbonyl (C=O) groups is 1. The van der Waals surface area contributed by atoms with Gasteiger partial charge in [0, 0.05) is 43.3 Å². The molecule has 0 saturated heterocycles. The van der Waals surface area contributed by atoms with Crippen LogP contribution < -0.4 is 15.5 Å². The topological polar surface area (TPSA) is 83.0 Å². The van der Waals surface area contributed by atoms with Gasteiger partial charge in [-0.3, -0.25) is 4.79 Å². The predicted molar refractivity (Wildman–Crippen MR) is 133 cm³/mol. The van der Waals surface area contributed by atoms with E-state index in [-0.39, 0.29) is 11.9 Å². The second-order valence-corrected chi connectivity index (χ2v) is 9.55. The van der Waals surface area contributed by atoms with Gasteiger partial charge in [-0.1, -0.05) is 30.0 Å². The lowest BCUT2D eigenvalue weighted by Crippen LogP contribution is -2.40. The van der Waals surface area contributed by atoms with E-state index in [1.807, 2.05) is 74.4 Å². The molecule has 1 amide bonds. The van der Waals surface area contributed by atoms with Gasteiger partial charge in [-0.2, -0.15) is 0 Å². The normalized spacial score (nSPS) is 17.9. The summed E-state index contributed by atoms with van der Waals surface area (Å²) < 4.78 is 0. The Hall–Kier alpha value is -3.13. The Labute approximate surface area is 199 Å². The van der Waals surface area contributed by atoms with Crippen LogP contribution in [0.2, 0.25) is 0 Å². The van der Waals surface area contributed by atoms with Crippen molar-refractivity contribution in [3.05, 3.63) is 66.1 Å². The number of rotatable bonds is 7. The molecule has 1 fully saturated rings. The highest BCUT2D eigenvalue weighted by atomic mass is 32.2. The maximum Gasteiger partial charge on any atom is 0.254 e. The van der Waals surface area contributed by atoms with Gasteiger partial charge in [0.25, 0.3) is 5.91 Å². The first-order valence-electron chi connectivity index (χ1n) is 11.3. The van der Waals surface area contributed by atoms with E-state index in [1.54, 1.807) is 6.20 Å². The number of anilines is 2. The molecule has 172 valence electrons. The summed E-state index contributed by atoms with van der Waals surface area (Å²) in [6.45, 7) is 1.91. The van der Waals surface area contributed by atoms with E-state index < -0.39 is 0 Å². The number of aromatic nitrogens is 3. The molecule has 0 unspecified atom stereocenters. The van der Waals surface area contributed by atoms with Crippen LogP contribution in [0.15, 0.2) is 64.6 Å². The standard InChI is InChI=1S/C25H30N6OS/c1-17-27-22(16-23(28-17)31(2)3)29-18-11-13-19(14-12-18)30-24(32)21-10-7-15-26-25(21)33-20-8-5-4-6-9-20/h4-10,15-16,18-19H,11-14H2,1-3H3,(H,30,32)(H,27,28,29). The molecule has 4 rings (SSSR count). The van der Waals surface area contributed by atoms with E-state index in [1.165, 1.54) is 11.8 Å². The lowest BCUT2D eigenvalue weighted by Gasteiger charge is -2.30. The van der Waals surface area contributed by atoms with Gasteiger partial charge in [-0.05, 0) is 56.9 Å². The zero-order valence-electron chi connectivity index (χ0n) is 19.3. The van der Waals surface area contributed by atoms with Crippen LogP contribution in [0.25, 0.3) is 0 Å². The van der Waals surface area contributed by atoms with Crippen LogP contribution >= 0.6 is 11.8 Å². The van der Waals surface area contributed by atoms with Gasteiger partial charge in [0.2, 0.25) is 0 Å². The van der Waals surface area contributed by atoms with Gasteiger partial charge in [0.15, 0.2) is 0 Å². The van der Waals surface area contributed by atoms with Gasteiger partial charge in [-0.25, -0.2) is 15.0 Å². The molecule has 3 aromatic rings. The summed E-state index contributed by atoms with van der Waals surface area (Å²) in [7, 11) is 3.96. The SMILES string of the molecule is Cc1nc(NC2CCC(NC(=O)c3cccnc3Sc3ccccc3)CC2)cc(N(C)C)n1. The van der Waals surface area contributed by atoms with Crippen LogP contribution in [0.3, 0.4) is 0 Å². The molecule has 0 radical (unpaired) electrons. The molecule has 1 saturated carbocycles. The number of nitrogens with one attached hydrogen (secondary N) is 2. The van der Waals surface area contributed by atoms with Crippen molar-refractivity contribution in [1.29, 1.82) is 0 Å². The minimum absolute atomic E-state index is 0.0556. The molecule has 0 atom stereocenters.